The van der Waals surface area contributed by atoms with Crippen molar-refractivity contribution in [1.82, 2.24) is 0 Å². The summed E-state index contributed by atoms with van der Waals surface area (Å²) >= 11 is 0. The van der Waals surface area contributed by atoms with E-state index in [-0.39, 0.29) is 0 Å². The predicted octanol–water partition coefficient (Wildman–Crippen LogP) is 4.86. The molecule has 0 amide bonds. The van der Waals surface area contributed by atoms with Gasteiger partial charge >= 0.3 is 0 Å². The van der Waals surface area contributed by atoms with Gasteiger partial charge in [0.15, 0.2) is 0 Å². The molecule has 0 bridgehead atoms. The first-order valence-electron chi connectivity index (χ1n) is 6.20. The van der Waals surface area contributed by atoms with Crippen LogP contribution >= 0.6 is 0 Å². The minimum atomic E-state index is 1.14. The van der Waals surface area contributed by atoms with Gasteiger partial charge in [0.2, 0.25) is 0 Å². The van der Waals surface area contributed by atoms with Crippen molar-refractivity contribution >= 4 is 0 Å². The first-order chi connectivity index (χ1) is 8.11. The molecule has 0 aromatic heterocycles. The summed E-state index contributed by atoms with van der Waals surface area (Å²) in [6, 6.07) is 17.1. The van der Waals surface area contributed by atoms with Gasteiger partial charge in [-0.1, -0.05) is 72.1 Å². The Hall–Kier alpha value is -1.56. The second-order valence-electron chi connectivity index (χ2n) is 4.49. The van der Waals surface area contributed by atoms with Crippen LogP contribution in [0.25, 0.3) is 0 Å². The molecule has 0 aliphatic heterocycles. The zero-order chi connectivity index (χ0) is 12.7. The van der Waals surface area contributed by atoms with Crippen LogP contribution in [0, 0.1) is 20.8 Å². The van der Waals surface area contributed by atoms with E-state index in [2.05, 4.69) is 76.2 Å². The van der Waals surface area contributed by atoms with E-state index in [1.807, 2.05) is 0 Å². The molecule has 90 valence electrons. The predicted molar refractivity (Wildman–Crippen MR) is 76.5 cm³/mol. The lowest BCUT2D eigenvalue weighted by molar-refractivity contribution is 1.14. The molecule has 0 atom stereocenters. The summed E-state index contributed by atoms with van der Waals surface area (Å²) in [5.41, 5.74) is 5.42. The summed E-state index contributed by atoms with van der Waals surface area (Å²) in [6.07, 6.45) is 1.14. The highest BCUT2D eigenvalue weighted by atomic mass is 13.9. The van der Waals surface area contributed by atoms with Gasteiger partial charge in [0.05, 0.1) is 0 Å². The highest BCUT2D eigenvalue weighted by molar-refractivity contribution is 5.21. The fourth-order valence-electron chi connectivity index (χ4n) is 1.46. The molecule has 0 unspecified atom stereocenters. The Bertz CT molecular complexity index is 400. The Balaban J connectivity index is 0.000000171. The quantitative estimate of drug-likeness (QED) is 0.651. The molecule has 17 heavy (non-hydrogen) atoms. The second-order valence-corrected chi connectivity index (χ2v) is 4.49. The summed E-state index contributed by atoms with van der Waals surface area (Å²) in [7, 11) is 0. The fraction of sp³-hybridized carbons (Fsp3) is 0.294. The number of benzene rings is 2. The van der Waals surface area contributed by atoms with Gasteiger partial charge in [0.25, 0.3) is 0 Å². The van der Waals surface area contributed by atoms with E-state index in [0.717, 1.165) is 6.42 Å². The van der Waals surface area contributed by atoms with Gasteiger partial charge in [-0.15, -0.1) is 0 Å². The topological polar surface area (TPSA) is 0 Å². The van der Waals surface area contributed by atoms with Crippen molar-refractivity contribution in [3.63, 3.8) is 0 Å². The molecule has 0 saturated heterocycles. The SMILES string of the molecule is CCc1ccc(C)cc1.Cc1ccc(C)cc1. The highest BCUT2D eigenvalue weighted by Gasteiger charge is 1.84. The molecule has 0 heteroatoms. The maximum absolute atomic E-state index is 2.18. The molecule has 2 rings (SSSR count). The maximum Gasteiger partial charge on any atom is -0.0307 e. The molecule has 0 spiro atoms. The van der Waals surface area contributed by atoms with Gasteiger partial charge in [0, 0.05) is 0 Å². The van der Waals surface area contributed by atoms with Crippen LogP contribution < -0.4 is 0 Å². The standard InChI is InChI=1S/C9H12.C8H10/c1-3-9-6-4-8(2)5-7-9;1-7-3-5-8(2)6-4-7/h4-7H,3H2,1-2H3;3-6H,1-2H3. The molecule has 0 saturated carbocycles. The Labute approximate surface area is 105 Å². The summed E-state index contributed by atoms with van der Waals surface area (Å²) < 4.78 is 0. The molecule has 0 nitrogen and oxygen atoms in total. The van der Waals surface area contributed by atoms with Crippen LogP contribution in [-0.4, -0.2) is 0 Å². The third-order valence-electron chi connectivity index (χ3n) is 2.75. The molecule has 2 aromatic carbocycles. The van der Waals surface area contributed by atoms with Crippen LogP contribution in [0.5, 0.6) is 0 Å². The molecular weight excluding hydrogens is 204 g/mol. The van der Waals surface area contributed by atoms with Crippen molar-refractivity contribution in [2.24, 2.45) is 0 Å². The Morgan fingerprint density at radius 2 is 0.882 bits per heavy atom. The average molecular weight is 226 g/mol. The van der Waals surface area contributed by atoms with Crippen LogP contribution in [0.15, 0.2) is 48.5 Å². The van der Waals surface area contributed by atoms with Crippen molar-refractivity contribution in [3.05, 3.63) is 70.8 Å². The Morgan fingerprint density at radius 1 is 0.588 bits per heavy atom. The van der Waals surface area contributed by atoms with Crippen LogP contribution in [0.2, 0.25) is 0 Å². The normalized spacial score (nSPS) is 9.41. The van der Waals surface area contributed by atoms with Crippen molar-refractivity contribution in [1.29, 1.82) is 0 Å². The summed E-state index contributed by atoms with van der Waals surface area (Å²) in [5.74, 6) is 0. The van der Waals surface area contributed by atoms with Crippen molar-refractivity contribution in [2.45, 2.75) is 34.1 Å². The third-order valence-corrected chi connectivity index (χ3v) is 2.75. The summed E-state index contributed by atoms with van der Waals surface area (Å²) in [5, 5.41) is 0. The van der Waals surface area contributed by atoms with Gasteiger partial charge in [0.1, 0.15) is 0 Å². The number of hydrogen-bond donors (Lipinski definition) is 0. The molecule has 0 fully saturated rings. The smallest absolute Gasteiger partial charge is 0.0307 e. The van der Waals surface area contributed by atoms with Crippen molar-refractivity contribution < 1.29 is 0 Å². The van der Waals surface area contributed by atoms with Crippen LogP contribution in [-0.2, 0) is 6.42 Å². The number of hydrogen-bond acceptors (Lipinski definition) is 0. The van der Waals surface area contributed by atoms with E-state index in [4.69, 9.17) is 0 Å². The van der Waals surface area contributed by atoms with Gasteiger partial charge < -0.3 is 0 Å². The van der Waals surface area contributed by atoms with Crippen molar-refractivity contribution in [2.75, 3.05) is 0 Å². The van der Waals surface area contributed by atoms with E-state index < -0.39 is 0 Å². The van der Waals surface area contributed by atoms with Crippen LogP contribution in [0.1, 0.15) is 29.2 Å². The monoisotopic (exact) mass is 226 g/mol. The lowest BCUT2D eigenvalue weighted by atomic mass is 10.1. The van der Waals surface area contributed by atoms with Gasteiger partial charge in [-0.2, -0.15) is 0 Å². The van der Waals surface area contributed by atoms with E-state index in [1.54, 1.807) is 0 Å². The van der Waals surface area contributed by atoms with Crippen LogP contribution in [0.4, 0.5) is 0 Å². The first kappa shape index (κ1) is 13.5. The molecule has 0 aliphatic rings. The van der Waals surface area contributed by atoms with E-state index in [9.17, 15) is 0 Å². The van der Waals surface area contributed by atoms with E-state index in [1.165, 1.54) is 22.3 Å². The zero-order valence-electron chi connectivity index (χ0n) is 11.3. The lowest BCUT2D eigenvalue weighted by Gasteiger charge is -1.94. The maximum atomic E-state index is 2.18. The zero-order valence-corrected chi connectivity index (χ0v) is 11.3. The molecule has 0 heterocycles. The minimum absolute atomic E-state index is 1.14. The fourth-order valence-corrected chi connectivity index (χ4v) is 1.46. The van der Waals surface area contributed by atoms with Crippen LogP contribution in [0.3, 0.4) is 0 Å². The molecule has 2 aromatic rings. The van der Waals surface area contributed by atoms with Gasteiger partial charge in [-0.3, -0.25) is 0 Å². The van der Waals surface area contributed by atoms with E-state index >= 15 is 0 Å². The van der Waals surface area contributed by atoms with Gasteiger partial charge in [-0.05, 0) is 32.8 Å². The molecule has 0 N–H and O–H groups in total. The lowest BCUT2D eigenvalue weighted by Crippen LogP contribution is -1.77. The second kappa shape index (κ2) is 6.90. The number of rotatable bonds is 1. The Morgan fingerprint density at radius 3 is 1.18 bits per heavy atom. The van der Waals surface area contributed by atoms with Crippen molar-refractivity contribution in [3.8, 4) is 0 Å². The molecule has 0 aliphatic carbocycles. The molecule has 0 radical (unpaired) electrons. The largest absolute Gasteiger partial charge is 0.0613 e. The molecular formula is C17H22. The van der Waals surface area contributed by atoms with E-state index in [0.29, 0.717) is 0 Å². The average Bonchev–Trinajstić information content (AvgIpc) is 2.35. The minimum Gasteiger partial charge on any atom is -0.0613 e. The third kappa shape index (κ3) is 5.35. The van der Waals surface area contributed by atoms with Gasteiger partial charge in [-0.25, -0.2) is 0 Å². The summed E-state index contributed by atoms with van der Waals surface area (Å²) in [6.45, 7) is 8.48. The number of aryl methyl sites for hydroxylation is 4. The Kier molecular flexibility index (Phi) is 5.48. The first-order valence-corrected chi connectivity index (χ1v) is 6.20. The summed E-state index contributed by atoms with van der Waals surface area (Å²) in [4.78, 5) is 0. The highest BCUT2D eigenvalue weighted by Crippen LogP contribution is 2.02.